The number of likely N-dealkylation sites (tertiary alicyclic amines) is 1. The molecule has 0 aliphatic carbocycles. The molecule has 1 aromatic carbocycles. The Kier molecular flexibility index (Phi) is 3.33. The molecule has 0 unspecified atom stereocenters. The predicted molar refractivity (Wildman–Crippen MR) is 74.6 cm³/mol. The molecule has 0 bridgehead atoms. The summed E-state index contributed by atoms with van der Waals surface area (Å²) in [5.74, 6) is 0.891. The van der Waals surface area contributed by atoms with E-state index in [9.17, 15) is 0 Å². The van der Waals surface area contributed by atoms with E-state index in [-0.39, 0.29) is 0 Å². The monoisotopic (exact) mass is 243 g/mol. The lowest BCUT2D eigenvalue weighted by Gasteiger charge is -2.28. The van der Waals surface area contributed by atoms with Crippen molar-refractivity contribution in [2.45, 2.75) is 25.8 Å². The van der Waals surface area contributed by atoms with Crippen molar-refractivity contribution < 1.29 is 0 Å². The molecule has 0 radical (unpaired) electrons. The number of nitrogens with zero attached hydrogens (tertiary/aromatic N) is 3. The van der Waals surface area contributed by atoms with Crippen molar-refractivity contribution in [2.75, 3.05) is 20.1 Å². The fourth-order valence-corrected chi connectivity index (χ4v) is 2.86. The van der Waals surface area contributed by atoms with Crippen molar-refractivity contribution in [1.29, 1.82) is 0 Å². The van der Waals surface area contributed by atoms with E-state index in [2.05, 4.69) is 45.8 Å². The number of para-hydroxylation sites is 2. The Morgan fingerprint density at radius 1 is 1.22 bits per heavy atom. The van der Waals surface area contributed by atoms with Crippen LogP contribution < -0.4 is 0 Å². The molecular weight excluding hydrogens is 222 g/mol. The van der Waals surface area contributed by atoms with Crippen molar-refractivity contribution >= 4 is 11.0 Å². The molecule has 96 valence electrons. The fourth-order valence-electron chi connectivity index (χ4n) is 2.86. The summed E-state index contributed by atoms with van der Waals surface area (Å²) in [5.41, 5.74) is 2.38. The van der Waals surface area contributed by atoms with Crippen molar-refractivity contribution in [3.8, 4) is 0 Å². The highest BCUT2D eigenvalue weighted by atomic mass is 15.1. The van der Waals surface area contributed by atoms with E-state index in [0.717, 1.165) is 18.0 Å². The van der Waals surface area contributed by atoms with Gasteiger partial charge in [-0.15, -0.1) is 0 Å². The van der Waals surface area contributed by atoms with Crippen LogP contribution >= 0.6 is 0 Å². The number of aromatic nitrogens is 2. The van der Waals surface area contributed by atoms with Crippen LogP contribution in [0, 0.1) is 5.92 Å². The first-order valence-electron chi connectivity index (χ1n) is 6.91. The zero-order chi connectivity index (χ0) is 12.4. The average Bonchev–Trinajstić information content (AvgIpc) is 2.82. The second kappa shape index (κ2) is 5.11. The van der Waals surface area contributed by atoms with Gasteiger partial charge in [-0.05, 0) is 57.5 Å². The second-order valence-corrected chi connectivity index (χ2v) is 5.46. The molecule has 1 aliphatic rings. The average molecular weight is 243 g/mol. The normalized spacial score (nSPS) is 18.5. The molecule has 0 saturated carbocycles. The SMILES string of the molecule is CN1CCC(CCn2cnc3ccccc32)CC1. The zero-order valence-electron chi connectivity index (χ0n) is 11.0. The molecule has 0 N–H and O–H groups in total. The quantitative estimate of drug-likeness (QED) is 0.826. The first-order valence-corrected chi connectivity index (χ1v) is 6.91. The third-order valence-electron chi connectivity index (χ3n) is 4.14. The highest BCUT2D eigenvalue weighted by molar-refractivity contribution is 5.74. The summed E-state index contributed by atoms with van der Waals surface area (Å²) in [6.45, 7) is 3.62. The van der Waals surface area contributed by atoms with Gasteiger partial charge in [0.1, 0.15) is 0 Å². The number of hydrogen-bond donors (Lipinski definition) is 0. The largest absolute Gasteiger partial charge is 0.331 e. The van der Waals surface area contributed by atoms with Crippen molar-refractivity contribution in [3.63, 3.8) is 0 Å². The molecule has 1 saturated heterocycles. The summed E-state index contributed by atoms with van der Waals surface area (Å²) in [4.78, 5) is 6.88. The number of hydrogen-bond acceptors (Lipinski definition) is 2. The van der Waals surface area contributed by atoms with E-state index < -0.39 is 0 Å². The minimum atomic E-state index is 0.891. The minimum Gasteiger partial charge on any atom is -0.331 e. The number of aryl methyl sites for hydroxylation is 1. The van der Waals surface area contributed by atoms with Crippen LogP contribution in [0.25, 0.3) is 11.0 Å². The van der Waals surface area contributed by atoms with Crippen LogP contribution in [-0.4, -0.2) is 34.6 Å². The maximum atomic E-state index is 4.45. The minimum absolute atomic E-state index is 0.891. The second-order valence-electron chi connectivity index (χ2n) is 5.46. The Labute approximate surface area is 108 Å². The van der Waals surface area contributed by atoms with Gasteiger partial charge in [-0.3, -0.25) is 0 Å². The van der Waals surface area contributed by atoms with Crippen molar-refractivity contribution in [2.24, 2.45) is 5.92 Å². The van der Waals surface area contributed by atoms with Gasteiger partial charge in [0.15, 0.2) is 0 Å². The Balaban J connectivity index is 1.63. The van der Waals surface area contributed by atoms with E-state index >= 15 is 0 Å². The first kappa shape index (κ1) is 11.7. The number of piperidine rings is 1. The third kappa shape index (κ3) is 2.41. The Morgan fingerprint density at radius 3 is 2.83 bits per heavy atom. The molecule has 3 rings (SSSR count). The molecule has 0 atom stereocenters. The van der Waals surface area contributed by atoms with Gasteiger partial charge in [-0.25, -0.2) is 4.98 Å². The van der Waals surface area contributed by atoms with Gasteiger partial charge < -0.3 is 9.47 Å². The van der Waals surface area contributed by atoms with Gasteiger partial charge in [0.25, 0.3) is 0 Å². The Hall–Kier alpha value is -1.35. The summed E-state index contributed by atoms with van der Waals surface area (Å²) < 4.78 is 2.30. The van der Waals surface area contributed by atoms with Gasteiger partial charge >= 0.3 is 0 Å². The molecule has 1 fully saturated rings. The molecule has 2 aromatic rings. The lowest BCUT2D eigenvalue weighted by molar-refractivity contribution is 0.208. The van der Waals surface area contributed by atoms with Gasteiger partial charge in [-0.2, -0.15) is 0 Å². The smallest absolute Gasteiger partial charge is 0.0958 e. The van der Waals surface area contributed by atoms with Crippen LogP contribution in [0.4, 0.5) is 0 Å². The van der Waals surface area contributed by atoms with Crippen LogP contribution in [0.2, 0.25) is 0 Å². The molecular formula is C15H21N3. The Morgan fingerprint density at radius 2 is 2.00 bits per heavy atom. The number of rotatable bonds is 3. The molecule has 3 nitrogen and oxygen atoms in total. The van der Waals surface area contributed by atoms with Crippen LogP contribution in [0.15, 0.2) is 30.6 Å². The lowest BCUT2D eigenvalue weighted by Crippen LogP contribution is -2.30. The van der Waals surface area contributed by atoms with Crippen LogP contribution in [0.3, 0.4) is 0 Å². The highest BCUT2D eigenvalue weighted by Crippen LogP contribution is 2.21. The first-order chi connectivity index (χ1) is 8.83. The number of benzene rings is 1. The molecule has 0 amide bonds. The van der Waals surface area contributed by atoms with Crippen molar-refractivity contribution in [3.05, 3.63) is 30.6 Å². The van der Waals surface area contributed by atoms with Gasteiger partial charge in [-0.1, -0.05) is 12.1 Å². The molecule has 2 heterocycles. The molecule has 0 spiro atoms. The molecule has 1 aliphatic heterocycles. The van der Waals surface area contributed by atoms with E-state index in [4.69, 9.17) is 0 Å². The van der Waals surface area contributed by atoms with E-state index in [1.54, 1.807) is 0 Å². The maximum absolute atomic E-state index is 4.45. The molecule has 3 heteroatoms. The van der Waals surface area contributed by atoms with E-state index in [0.29, 0.717) is 0 Å². The molecule has 1 aromatic heterocycles. The fraction of sp³-hybridized carbons (Fsp3) is 0.533. The van der Waals surface area contributed by atoms with E-state index in [1.165, 1.54) is 37.9 Å². The molecule has 18 heavy (non-hydrogen) atoms. The van der Waals surface area contributed by atoms with Gasteiger partial charge in [0, 0.05) is 6.54 Å². The zero-order valence-corrected chi connectivity index (χ0v) is 11.0. The summed E-state index contributed by atoms with van der Waals surface area (Å²) in [6.07, 6.45) is 5.97. The van der Waals surface area contributed by atoms with Gasteiger partial charge in [0.05, 0.1) is 17.4 Å². The van der Waals surface area contributed by atoms with Crippen LogP contribution in [0.1, 0.15) is 19.3 Å². The van der Waals surface area contributed by atoms with E-state index in [1.807, 2.05) is 6.33 Å². The summed E-state index contributed by atoms with van der Waals surface area (Å²) >= 11 is 0. The summed E-state index contributed by atoms with van der Waals surface area (Å²) in [6, 6.07) is 8.39. The maximum Gasteiger partial charge on any atom is 0.0958 e. The lowest BCUT2D eigenvalue weighted by atomic mass is 9.94. The summed E-state index contributed by atoms with van der Waals surface area (Å²) in [5, 5.41) is 0. The predicted octanol–water partition coefficient (Wildman–Crippen LogP) is 2.77. The number of imidazole rings is 1. The topological polar surface area (TPSA) is 21.1 Å². The van der Waals surface area contributed by atoms with Crippen LogP contribution in [-0.2, 0) is 6.54 Å². The Bertz CT molecular complexity index is 509. The van der Waals surface area contributed by atoms with Crippen LogP contribution in [0.5, 0.6) is 0 Å². The van der Waals surface area contributed by atoms with Gasteiger partial charge in [0.2, 0.25) is 0 Å². The standard InChI is InChI=1S/C15H21N3/c1-17-9-6-13(7-10-17)8-11-18-12-16-14-4-2-3-5-15(14)18/h2-5,12-13H,6-11H2,1H3. The summed E-state index contributed by atoms with van der Waals surface area (Å²) in [7, 11) is 2.22. The number of fused-ring (bicyclic) bond motifs is 1. The third-order valence-corrected chi connectivity index (χ3v) is 4.14. The highest BCUT2D eigenvalue weighted by Gasteiger charge is 2.16. The van der Waals surface area contributed by atoms with Crippen molar-refractivity contribution in [1.82, 2.24) is 14.5 Å².